The highest BCUT2D eigenvalue weighted by Gasteiger charge is 2.35. The lowest BCUT2D eigenvalue weighted by molar-refractivity contribution is 0.0192. The largest absolute Gasteiger partial charge is 0.508 e. The number of morpholine rings is 1. The van der Waals surface area contributed by atoms with Crippen LogP contribution in [0.4, 0.5) is 10.5 Å². The molecule has 4 aromatic rings. The van der Waals surface area contributed by atoms with Crippen molar-refractivity contribution in [3.05, 3.63) is 105 Å². The van der Waals surface area contributed by atoms with Crippen LogP contribution in [0.5, 0.6) is 5.75 Å². The number of carboxylic acid groups (broad SMARTS) is 1. The summed E-state index contributed by atoms with van der Waals surface area (Å²) in [7, 11) is 1.60. The Bertz CT molecular complexity index is 1960. The maximum atomic E-state index is 15.0. The molecule has 50 heavy (non-hydrogen) atoms. The van der Waals surface area contributed by atoms with Crippen molar-refractivity contribution in [3.63, 3.8) is 0 Å². The van der Waals surface area contributed by atoms with Crippen LogP contribution in [-0.4, -0.2) is 105 Å². The van der Waals surface area contributed by atoms with Crippen molar-refractivity contribution >= 4 is 35.2 Å². The molecule has 0 saturated carbocycles. The van der Waals surface area contributed by atoms with Gasteiger partial charge in [-0.3, -0.25) is 14.5 Å². The average Bonchev–Trinajstić information content (AvgIpc) is 3.43. The average molecular weight is 699 g/mol. The molecule has 2 N–H and O–H groups in total. The van der Waals surface area contributed by atoms with Gasteiger partial charge < -0.3 is 29.6 Å². The van der Waals surface area contributed by atoms with Gasteiger partial charge in [-0.25, -0.2) is 9.48 Å². The number of ether oxygens (including phenoxy) is 1. The van der Waals surface area contributed by atoms with E-state index < -0.39 is 12.0 Å². The number of aromatic nitrogens is 2. The number of phenols is 1. The van der Waals surface area contributed by atoms with E-state index in [4.69, 9.17) is 21.4 Å². The summed E-state index contributed by atoms with van der Waals surface area (Å²) >= 11 is 6.83. The summed E-state index contributed by atoms with van der Waals surface area (Å²) in [5.41, 5.74) is 5.84. The van der Waals surface area contributed by atoms with Crippen LogP contribution in [0.15, 0.2) is 60.7 Å². The summed E-state index contributed by atoms with van der Waals surface area (Å²) in [6.07, 6.45) is 0.145. The molecule has 0 aliphatic carbocycles. The molecular formula is C37H39ClN6O6. The third-order valence-corrected chi connectivity index (χ3v) is 10.5. The van der Waals surface area contributed by atoms with Crippen LogP contribution >= 0.6 is 11.6 Å². The predicted molar refractivity (Wildman–Crippen MR) is 187 cm³/mol. The Labute approximate surface area is 295 Å². The zero-order valence-electron chi connectivity index (χ0n) is 28.0. The maximum absolute atomic E-state index is 15.0. The van der Waals surface area contributed by atoms with Crippen molar-refractivity contribution in [1.29, 1.82) is 0 Å². The SMILES string of the molecule is Cc1c(Cl)c(C(=O)N(C)c2ccc(O)cc2)nn1-c1cc2c(cc1C(=O)N1Cc3ccccc3C[C@H]1CN1CCOCC1)CN(C(=O)O)CC2. The monoisotopic (exact) mass is 698 g/mol. The number of carbonyl (C=O) groups excluding carboxylic acids is 2. The van der Waals surface area contributed by atoms with Crippen molar-refractivity contribution in [2.75, 3.05) is 51.3 Å². The van der Waals surface area contributed by atoms with Crippen LogP contribution in [0.1, 0.15) is 48.8 Å². The number of hydrogen-bond acceptors (Lipinski definition) is 7. The smallest absolute Gasteiger partial charge is 0.407 e. The quantitative estimate of drug-likeness (QED) is 0.295. The lowest BCUT2D eigenvalue weighted by atomic mass is 9.91. The second kappa shape index (κ2) is 13.8. The lowest BCUT2D eigenvalue weighted by Crippen LogP contribution is -2.52. The van der Waals surface area contributed by atoms with Crippen LogP contribution in [0.2, 0.25) is 5.02 Å². The predicted octanol–water partition coefficient (Wildman–Crippen LogP) is 4.75. The van der Waals surface area contributed by atoms with Crippen molar-refractivity contribution in [2.45, 2.75) is 38.9 Å². The van der Waals surface area contributed by atoms with Gasteiger partial charge in [-0.2, -0.15) is 5.10 Å². The fourth-order valence-corrected chi connectivity index (χ4v) is 7.34. The van der Waals surface area contributed by atoms with Crippen molar-refractivity contribution in [3.8, 4) is 11.4 Å². The molecule has 3 amide bonds. The molecule has 4 heterocycles. The molecule has 1 aromatic heterocycles. The minimum absolute atomic E-state index is 0.0185. The fraction of sp³-hybridized carbons (Fsp3) is 0.351. The number of aromatic hydroxyl groups is 1. The van der Waals surface area contributed by atoms with Gasteiger partial charge in [0.05, 0.1) is 35.2 Å². The number of benzene rings is 3. The Morgan fingerprint density at radius 1 is 0.960 bits per heavy atom. The van der Waals surface area contributed by atoms with Crippen molar-refractivity contribution < 1.29 is 29.3 Å². The first kappa shape index (κ1) is 33.6. The van der Waals surface area contributed by atoms with Gasteiger partial charge in [-0.1, -0.05) is 35.9 Å². The number of fused-ring (bicyclic) bond motifs is 2. The molecular weight excluding hydrogens is 660 g/mol. The van der Waals surface area contributed by atoms with E-state index in [9.17, 15) is 24.6 Å². The fourth-order valence-electron chi connectivity index (χ4n) is 7.14. The molecule has 1 saturated heterocycles. The molecule has 1 fully saturated rings. The molecule has 3 aliphatic heterocycles. The first-order valence-electron chi connectivity index (χ1n) is 16.7. The molecule has 260 valence electrons. The van der Waals surface area contributed by atoms with Gasteiger partial charge in [0.25, 0.3) is 11.8 Å². The Morgan fingerprint density at radius 3 is 2.40 bits per heavy atom. The molecule has 3 aliphatic rings. The van der Waals surface area contributed by atoms with Gasteiger partial charge in [-0.05, 0) is 78.4 Å². The number of hydrogen-bond donors (Lipinski definition) is 2. The van der Waals surface area contributed by atoms with Crippen LogP contribution in [-0.2, 0) is 30.7 Å². The number of halogens is 1. The lowest BCUT2D eigenvalue weighted by Gasteiger charge is -2.41. The van der Waals surface area contributed by atoms with E-state index in [-0.39, 0.29) is 35.0 Å². The topological polar surface area (TPSA) is 132 Å². The van der Waals surface area contributed by atoms with Gasteiger partial charge in [0.1, 0.15) is 5.75 Å². The summed E-state index contributed by atoms with van der Waals surface area (Å²) in [6.45, 7) is 6.21. The van der Waals surface area contributed by atoms with Gasteiger partial charge >= 0.3 is 6.09 Å². The molecule has 3 aromatic carbocycles. The molecule has 0 radical (unpaired) electrons. The minimum atomic E-state index is -1.01. The van der Waals surface area contributed by atoms with Crippen LogP contribution in [0, 0.1) is 6.92 Å². The Kier molecular flexibility index (Phi) is 9.25. The van der Waals surface area contributed by atoms with Crippen molar-refractivity contribution in [1.82, 2.24) is 24.5 Å². The standard InChI is InChI=1S/C37H39ClN6O6/c1-23-33(38)34(36(47)40(2)28-7-9-30(45)10-8-28)39-44(23)32-19-25-11-12-42(37(48)49)20-27(25)18-31(32)35(46)43-21-26-6-4-3-5-24(26)17-29(43)22-41-13-15-50-16-14-41/h3-10,18-19,29,45H,11-17,20-22H2,1-2H3,(H,48,49)/t29-/m0/s1. The molecule has 7 rings (SSSR count). The normalized spacial score (nSPS) is 17.6. The summed E-state index contributed by atoms with van der Waals surface area (Å²) in [5, 5.41) is 24.4. The highest BCUT2D eigenvalue weighted by molar-refractivity contribution is 6.35. The third-order valence-electron chi connectivity index (χ3n) is 10.0. The number of phenolic OH excluding ortho intramolecular Hbond substituents is 1. The Morgan fingerprint density at radius 2 is 1.68 bits per heavy atom. The molecule has 0 spiro atoms. The number of nitrogens with zero attached hydrogens (tertiary/aromatic N) is 6. The number of carbonyl (C=O) groups is 3. The first-order chi connectivity index (χ1) is 24.1. The highest BCUT2D eigenvalue weighted by atomic mass is 35.5. The second-order valence-electron chi connectivity index (χ2n) is 13.1. The van der Waals surface area contributed by atoms with E-state index in [0.29, 0.717) is 68.3 Å². The van der Waals surface area contributed by atoms with Gasteiger partial charge in [0.2, 0.25) is 0 Å². The maximum Gasteiger partial charge on any atom is 0.407 e. The molecule has 0 unspecified atom stereocenters. The molecule has 0 bridgehead atoms. The minimum Gasteiger partial charge on any atom is -0.508 e. The van der Waals surface area contributed by atoms with E-state index in [2.05, 4.69) is 17.0 Å². The van der Waals surface area contributed by atoms with E-state index >= 15 is 0 Å². The van der Waals surface area contributed by atoms with Gasteiger partial charge in [-0.15, -0.1) is 0 Å². The highest BCUT2D eigenvalue weighted by Crippen LogP contribution is 2.33. The Hall–Kier alpha value is -4.91. The zero-order chi connectivity index (χ0) is 35.1. The van der Waals surface area contributed by atoms with E-state index in [1.807, 2.05) is 23.1 Å². The van der Waals surface area contributed by atoms with Gasteiger partial charge in [0, 0.05) is 58.0 Å². The van der Waals surface area contributed by atoms with E-state index in [0.717, 1.165) is 29.8 Å². The third kappa shape index (κ3) is 6.41. The Balaban J connectivity index is 1.31. The summed E-state index contributed by atoms with van der Waals surface area (Å²) in [4.78, 5) is 47.7. The second-order valence-corrected chi connectivity index (χ2v) is 13.5. The molecule has 13 heteroatoms. The summed E-state index contributed by atoms with van der Waals surface area (Å²) in [5.74, 6) is -0.583. The molecule has 12 nitrogen and oxygen atoms in total. The van der Waals surface area contributed by atoms with E-state index in [1.54, 1.807) is 36.9 Å². The first-order valence-corrected chi connectivity index (χ1v) is 17.1. The number of rotatable bonds is 6. The summed E-state index contributed by atoms with van der Waals surface area (Å²) < 4.78 is 7.15. The van der Waals surface area contributed by atoms with E-state index in [1.165, 1.54) is 27.5 Å². The van der Waals surface area contributed by atoms with Crippen LogP contribution < -0.4 is 4.90 Å². The molecule has 1 atom stereocenters. The number of amides is 3. The zero-order valence-corrected chi connectivity index (χ0v) is 28.8. The summed E-state index contributed by atoms with van der Waals surface area (Å²) in [6, 6.07) is 18.0. The van der Waals surface area contributed by atoms with Crippen molar-refractivity contribution in [2.24, 2.45) is 0 Å². The van der Waals surface area contributed by atoms with Crippen LogP contribution in [0.25, 0.3) is 5.69 Å². The number of anilines is 1. The van der Waals surface area contributed by atoms with Crippen LogP contribution in [0.3, 0.4) is 0 Å². The van der Waals surface area contributed by atoms with Gasteiger partial charge in [0.15, 0.2) is 5.69 Å².